The topological polar surface area (TPSA) is 52.7 Å². The molecule has 0 bridgehead atoms. The second-order valence-corrected chi connectivity index (χ2v) is 11.2. The van der Waals surface area contributed by atoms with E-state index >= 15 is 0 Å². The van der Waals surface area contributed by atoms with E-state index in [-0.39, 0.29) is 33.5 Å². The number of carbonyl (C=O) groups is 2. The van der Waals surface area contributed by atoms with Gasteiger partial charge in [-0.25, -0.2) is 4.79 Å². The molecule has 0 aromatic heterocycles. The van der Waals surface area contributed by atoms with E-state index in [1.807, 2.05) is 39.5 Å². The second kappa shape index (κ2) is 8.99. The average Bonchev–Trinajstić information content (AvgIpc) is 2.88. The summed E-state index contributed by atoms with van der Waals surface area (Å²) in [6, 6.07) is 8.52. The number of thioether (sulfide) groups is 1. The first-order valence-electron chi connectivity index (χ1n) is 10.5. The van der Waals surface area contributed by atoms with Gasteiger partial charge in [-0.1, -0.05) is 45.0 Å². The lowest BCUT2D eigenvalue weighted by Gasteiger charge is -2.31. The van der Waals surface area contributed by atoms with Gasteiger partial charge in [0.25, 0.3) is 0 Å². The maximum atomic E-state index is 12.8. The van der Waals surface area contributed by atoms with Crippen molar-refractivity contribution in [3.05, 3.63) is 35.4 Å². The lowest BCUT2D eigenvalue weighted by molar-refractivity contribution is -0.129. The summed E-state index contributed by atoms with van der Waals surface area (Å²) in [5.74, 6) is 0.146. The molecule has 1 aromatic rings. The SMILES string of the molecule is CCN(CCN1C(=O)C(C)SC1c1ccc(C(C)(C)C)cc1)C(=O)NC(C)(C)C. The summed E-state index contributed by atoms with van der Waals surface area (Å²) in [7, 11) is 0. The zero-order valence-corrected chi connectivity index (χ0v) is 20.0. The normalized spacial score (nSPS) is 20.1. The Balaban J connectivity index is 2.12. The Labute approximate surface area is 180 Å². The van der Waals surface area contributed by atoms with Gasteiger partial charge in [-0.15, -0.1) is 11.8 Å². The Morgan fingerprint density at radius 3 is 2.21 bits per heavy atom. The Hall–Kier alpha value is -1.69. The van der Waals surface area contributed by atoms with Gasteiger partial charge in [0.05, 0.1) is 5.25 Å². The van der Waals surface area contributed by atoms with Crippen LogP contribution in [0.2, 0.25) is 0 Å². The van der Waals surface area contributed by atoms with Crippen molar-refractivity contribution in [3.63, 3.8) is 0 Å². The summed E-state index contributed by atoms with van der Waals surface area (Å²) in [5, 5.41) is 2.93. The first-order valence-corrected chi connectivity index (χ1v) is 11.4. The molecule has 1 aliphatic rings. The molecule has 3 amide bonds. The Kier molecular flexibility index (Phi) is 7.31. The zero-order valence-electron chi connectivity index (χ0n) is 19.2. The number of benzene rings is 1. The van der Waals surface area contributed by atoms with Gasteiger partial charge in [-0.2, -0.15) is 0 Å². The van der Waals surface area contributed by atoms with Crippen molar-refractivity contribution in [2.75, 3.05) is 19.6 Å². The third-order valence-electron chi connectivity index (χ3n) is 5.07. The summed E-state index contributed by atoms with van der Waals surface area (Å²) in [6.45, 7) is 18.1. The standard InChI is InChI=1S/C23H37N3O2S/c1-9-25(21(28)24-23(6,7)8)14-15-26-19(27)16(2)29-20(26)17-10-12-18(13-11-17)22(3,4)5/h10-13,16,20H,9,14-15H2,1-8H3,(H,24,28). The fourth-order valence-electron chi connectivity index (χ4n) is 3.34. The molecule has 6 heteroatoms. The molecule has 0 spiro atoms. The van der Waals surface area contributed by atoms with Crippen molar-refractivity contribution < 1.29 is 9.59 Å². The van der Waals surface area contributed by atoms with E-state index < -0.39 is 0 Å². The van der Waals surface area contributed by atoms with E-state index in [1.165, 1.54) is 5.56 Å². The first kappa shape index (κ1) is 23.6. The van der Waals surface area contributed by atoms with Crippen molar-refractivity contribution in [2.45, 2.75) is 77.0 Å². The van der Waals surface area contributed by atoms with Gasteiger partial charge in [0.1, 0.15) is 5.37 Å². The highest BCUT2D eigenvalue weighted by atomic mass is 32.2. The largest absolute Gasteiger partial charge is 0.333 e. The molecule has 1 saturated heterocycles. The number of nitrogens with one attached hydrogen (secondary N) is 1. The number of amides is 3. The van der Waals surface area contributed by atoms with E-state index in [1.54, 1.807) is 16.7 Å². The van der Waals surface area contributed by atoms with Gasteiger partial charge in [0, 0.05) is 25.2 Å². The number of likely N-dealkylation sites (N-methyl/N-ethyl adjacent to an activating group) is 1. The van der Waals surface area contributed by atoms with E-state index in [0.29, 0.717) is 19.6 Å². The molecule has 0 radical (unpaired) electrons. The molecule has 2 rings (SSSR count). The van der Waals surface area contributed by atoms with Crippen LogP contribution in [0.1, 0.15) is 71.9 Å². The number of nitrogens with zero attached hydrogens (tertiary/aromatic N) is 2. The highest BCUT2D eigenvalue weighted by molar-refractivity contribution is 8.01. The number of urea groups is 1. The number of rotatable bonds is 5. The van der Waals surface area contributed by atoms with Crippen LogP contribution in [0.5, 0.6) is 0 Å². The molecule has 1 fully saturated rings. The monoisotopic (exact) mass is 419 g/mol. The summed E-state index contributed by atoms with van der Waals surface area (Å²) >= 11 is 1.68. The van der Waals surface area contributed by atoms with Crippen LogP contribution < -0.4 is 5.32 Å². The van der Waals surface area contributed by atoms with Crippen molar-refractivity contribution in [2.24, 2.45) is 0 Å². The minimum Gasteiger partial charge on any atom is -0.333 e. The maximum Gasteiger partial charge on any atom is 0.317 e. The second-order valence-electron chi connectivity index (χ2n) is 9.79. The van der Waals surface area contributed by atoms with Crippen molar-refractivity contribution in [1.82, 2.24) is 15.1 Å². The van der Waals surface area contributed by atoms with Gasteiger partial charge in [0.15, 0.2) is 0 Å². The molecular weight excluding hydrogens is 382 g/mol. The van der Waals surface area contributed by atoms with Crippen LogP contribution in [-0.2, 0) is 10.2 Å². The van der Waals surface area contributed by atoms with Crippen LogP contribution in [0.25, 0.3) is 0 Å². The lowest BCUT2D eigenvalue weighted by atomic mass is 9.86. The van der Waals surface area contributed by atoms with Crippen LogP contribution in [-0.4, -0.2) is 52.2 Å². The molecule has 1 aromatic carbocycles. The summed E-state index contributed by atoms with van der Waals surface area (Å²) < 4.78 is 0. The number of hydrogen-bond donors (Lipinski definition) is 1. The predicted octanol–water partition coefficient (Wildman–Crippen LogP) is 4.78. The molecule has 1 aliphatic heterocycles. The molecule has 0 aliphatic carbocycles. The first-order chi connectivity index (χ1) is 13.3. The van der Waals surface area contributed by atoms with Gasteiger partial charge in [0.2, 0.25) is 5.91 Å². The minimum atomic E-state index is -0.282. The minimum absolute atomic E-state index is 0.00379. The molecular formula is C23H37N3O2S. The quantitative estimate of drug-likeness (QED) is 0.747. The Morgan fingerprint density at radius 1 is 1.14 bits per heavy atom. The summed E-state index contributed by atoms with van der Waals surface area (Å²) in [4.78, 5) is 29.0. The average molecular weight is 420 g/mol. The molecule has 162 valence electrons. The van der Waals surface area contributed by atoms with Crippen molar-refractivity contribution in [3.8, 4) is 0 Å². The third-order valence-corrected chi connectivity index (χ3v) is 6.46. The number of carbonyl (C=O) groups excluding carboxylic acids is 2. The fraction of sp³-hybridized carbons (Fsp3) is 0.652. The summed E-state index contributed by atoms with van der Waals surface area (Å²) in [6.07, 6.45) is 0. The molecule has 0 saturated carbocycles. The third kappa shape index (κ3) is 6.14. The highest BCUT2D eigenvalue weighted by Crippen LogP contribution is 2.43. The van der Waals surface area contributed by atoms with Gasteiger partial charge in [-0.3, -0.25) is 4.79 Å². The number of hydrogen-bond acceptors (Lipinski definition) is 3. The Morgan fingerprint density at radius 2 is 1.72 bits per heavy atom. The van der Waals surface area contributed by atoms with Gasteiger partial charge in [-0.05, 0) is 51.2 Å². The van der Waals surface area contributed by atoms with Crippen LogP contribution in [0.15, 0.2) is 24.3 Å². The van der Waals surface area contributed by atoms with Crippen LogP contribution in [0.4, 0.5) is 4.79 Å². The van der Waals surface area contributed by atoms with E-state index in [2.05, 4.69) is 50.4 Å². The zero-order chi connectivity index (χ0) is 22.0. The summed E-state index contributed by atoms with van der Waals surface area (Å²) in [5.41, 5.74) is 2.25. The van der Waals surface area contributed by atoms with E-state index in [4.69, 9.17) is 0 Å². The maximum absolute atomic E-state index is 12.8. The van der Waals surface area contributed by atoms with Crippen molar-refractivity contribution in [1.29, 1.82) is 0 Å². The van der Waals surface area contributed by atoms with E-state index in [0.717, 1.165) is 5.56 Å². The molecule has 29 heavy (non-hydrogen) atoms. The van der Waals surface area contributed by atoms with Crippen LogP contribution in [0, 0.1) is 0 Å². The highest BCUT2D eigenvalue weighted by Gasteiger charge is 2.38. The molecule has 1 heterocycles. The van der Waals surface area contributed by atoms with Crippen LogP contribution >= 0.6 is 11.8 Å². The lowest BCUT2D eigenvalue weighted by Crippen LogP contribution is -2.50. The molecule has 5 nitrogen and oxygen atoms in total. The van der Waals surface area contributed by atoms with Gasteiger partial charge >= 0.3 is 6.03 Å². The molecule has 1 N–H and O–H groups in total. The smallest absolute Gasteiger partial charge is 0.317 e. The van der Waals surface area contributed by atoms with E-state index in [9.17, 15) is 9.59 Å². The van der Waals surface area contributed by atoms with Crippen LogP contribution in [0.3, 0.4) is 0 Å². The molecule has 2 atom stereocenters. The Bertz CT molecular complexity index is 719. The molecule has 2 unspecified atom stereocenters. The van der Waals surface area contributed by atoms with Gasteiger partial charge < -0.3 is 15.1 Å². The fourth-order valence-corrected chi connectivity index (χ4v) is 4.65. The van der Waals surface area contributed by atoms with Crippen molar-refractivity contribution >= 4 is 23.7 Å². The predicted molar refractivity (Wildman–Crippen MR) is 122 cm³/mol.